The van der Waals surface area contributed by atoms with Crippen molar-refractivity contribution in [3.8, 4) is 11.6 Å². The van der Waals surface area contributed by atoms with Crippen molar-refractivity contribution in [1.29, 1.82) is 0 Å². The number of benzene rings is 4. The number of rotatable bonds is 13. The van der Waals surface area contributed by atoms with Gasteiger partial charge in [0.25, 0.3) is 5.92 Å². The number of aryl methyl sites for hydroxylation is 4. The van der Waals surface area contributed by atoms with Crippen LogP contribution in [-0.2, 0) is 39.8 Å². The quantitative estimate of drug-likeness (QED) is 0.0653. The van der Waals surface area contributed by atoms with E-state index in [4.69, 9.17) is 74.8 Å². The number of hydrogen-bond donors (Lipinski definition) is 1. The number of carbonyl (C=O) groups excluding carboxylic acids is 2. The third-order valence-corrected chi connectivity index (χ3v) is 22.1. The molecule has 0 bridgehead atoms. The summed E-state index contributed by atoms with van der Waals surface area (Å²) in [6, 6.07) is 34.7. The van der Waals surface area contributed by atoms with E-state index in [0.29, 0.717) is 53.9 Å². The molecular weight excluding hydrogens is 1700 g/mol. The third kappa shape index (κ3) is 50.0. The number of aromatic nitrogens is 6. The number of nitrogens with zero attached hydrogens (tertiary/aromatic N) is 7. The van der Waals surface area contributed by atoms with Crippen LogP contribution in [0.3, 0.4) is 0 Å². The summed E-state index contributed by atoms with van der Waals surface area (Å²) in [6.07, 6.45) is 31.6. The third-order valence-electron chi connectivity index (χ3n) is 18.8. The van der Waals surface area contributed by atoms with Crippen LogP contribution in [0.5, 0.6) is 11.6 Å². The second-order valence-corrected chi connectivity index (χ2v) is 34.4. The summed E-state index contributed by atoms with van der Waals surface area (Å²) in [7, 11) is 2.11. The van der Waals surface area contributed by atoms with Crippen molar-refractivity contribution in [2.45, 2.75) is 242 Å². The molecule has 3 aliphatic heterocycles. The van der Waals surface area contributed by atoms with Crippen LogP contribution in [0.15, 0.2) is 173 Å². The van der Waals surface area contributed by atoms with Crippen LogP contribution in [0.1, 0.15) is 213 Å². The molecular formula is C93H130Br2Cl4F2N8O8. The Morgan fingerprint density at radius 1 is 0.684 bits per heavy atom. The van der Waals surface area contributed by atoms with Crippen molar-refractivity contribution in [3.05, 3.63) is 211 Å². The number of amides is 1. The molecule has 1 N–H and O–H groups in total. The first-order valence-corrected chi connectivity index (χ1v) is 44.1. The number of hydrogen-bond acceptors (Lipinski definition) is 15. The van der Waals surface area contributed by atoms with E-state index in [1.807, 2.05) is 121 Å². The van der Waals surface area contributed by atoms with Gasteiger partial charge in [-0.2, -0.15) is 0 Å². The fourth-order valence-electron chi connectivity index (χ4n) is 10.5. The minimum Gasteiger partial charge on any atom is -0.465 e. The van der Waals surface area contributed by atoms with E-state index < -0.39 is 10.3 Å². The molecule has 7 aliphatic rings. The van der Waals surface area contributed by atoms with E-state index >= 15 is 0 Å². The Labute approximate surface area is 735 Å². The largest absolute Gasteiger partial charge is 0.465 e. The molecule has 4 aromatic heterocycles. The molecule has 117 heavy (non-hydrogen) atoms. The number of halogens is 8. The molecule has 646 valence electrons. The van der Waals surface area contributed by atoms with Gasteiger partial charge < -0.3 is 38.6 Å². The van der Waals surface area contributed by atoms with Crippen molar-refractivity contribution in [1.82, 2.24) is 40.1 Å². The van der Waals surface area contributed by atoms with E-state index in [2.05, 4.69) is 159 Å². The number of pyridine rings is 2. The van der Waals surface area contributed by atoms with E-state index in [1.165, 1.54) is 97.2 Å². The molecule has 15 rings (SSSR count). The highest BCUT2D eigenvalue weighted by Crippen LogP contribution is 2.63. The molecule has 24 heteroatoms. The Hall–Kier alpha value is -6.14. The fourth-order valence-corrected chi connectivity index (χ4v) is 12.3. The number of carbonyl (C=O) groups is 2. The van der Waals surface area contributed by atoms with Crippen LogP contribution in [-0.4, -0.2) is 129 Å². The van der Waals surface area contributed by atoms with Gasteiger partial charge in [-0.3, -0.25) is 19.6 Å². The molecule has 2 saturated carbocycles. The van der Waals surface area contributed by atoms with Gasteiger partial charge in [-0.05, 0) is 249 Å². The van der Waals surface area contributed by atoms with Gasteiger partial charge in [-0.15, -0.1) is 23.2 Å². The van der Waals surface area contributed by atoms with Crippen molar-refractivity contribution in [2.24, 2.45) is 17.3 Å². The standard InChI is InChI=1S/C15H11ClN2O.C12H24O2.C10H8BrN.C10H12ClNO.C6H9Br.C6H7N.C6H10.C5H8Cl2.C5H6N2.C5H11NO.C5H10O.C4H6F2.C4H8O2/c1-10-2-5-12(6-3-10)19-15-9-17-14-8-11(16)4-7-13(14)18-15;1-4-7-9-11(6-3)10-14-12(13)8-5-2;1-7-2-3-10-8(4-7)5-9(11)6-12-10;1-2-10(13)12-7-8-3-5-9(11)6-4-8;1-5-3-2-4-6(5)7;1-6-2-4-7-5-3-6;1-6-4-2-3-5-6;1-4(2)3-5(4,6)7;1-5-6-3-2-4-7-5;1-6-2-4-7-5-3-6;1-5-3-2-4-6-5;1-3-2-4(3,5)6;1-4-5-2-3-6-4/h2-9H,1H3;11H,4-10H2,1-3H3;2-6H,1H3;3-6H,2,7H2,1H3,(H,12,13);2-4H2,1H3;2-5H,1H3;4H,2-3,5H2,1H3;3H2,1-2H3;2-4H,1H3;2-5H2,1H3;5H,2-4H2,1H3;3H,2H2,1H3;4H,2-3H2,1H3. The van der Waals surface area contributed by atoms with Crippen molar-refractivity contribution in [2.75, 3.05) is 59.8 Å². The smallest absolute Gasteiger partial charge is 0.305 e. The SMILES string of the molecule is CC1(C)CC1(Cl)Cl.CC1=C(Br)CCC1.CC1=CCCC1.CC1CC1(F)F.CC1CCCO1.CC1OCCO1.CCC(=O)NCc1ccc(Cl)cc1.CCCCC(CC)COC(=O)CCC.CN1CCOCC1.Cc1ccc(Oc2cnc3cc(Cl)ccc3n2)cc1.Cc1ccc2ncc(Br)cc2c1.Cc1ccncc1.Cc1ncccn1. The van der Waals surface area contributed by atoms with Gasteiger partial charge in [0.1, 0.15) is 15.9 Å². The van der Waals surface area contributed by atoms with E-state index in [-0.39, 0.29) is 35.9 Å². The number of alkyl halides is 4. The lowest BCUT2D eigenvalue weighted by molar-refractivity contribution is -0.145. The maximum atomic E-state index is 11.5. The first-order valence-electron chi connectivity index (χ1n) is 41.0. The Morgan fingerprint density at radius 2 is 1.28 bits per heavy atom. The van der Waals surface area contributed by atoms with Gasteiger partial charge >= 0.3 is 5.97 Å². The number of esters is 1. The molecule has 8 aromatic rings. The lowest BCUT2D eigenvalue weighted by Crippen LogP contribution is -2.32. The van der Waals surface area contributed by atoms with Crippen LogP contribution < -0.4 is 10.1 Å². The second kappa shape index (κ2) is 59.5. The van der Waals surface area contributed by atoms with Crippen molar-refractivity contribution < 1.29 is 46.8 Å². The molecule has 3 unspecified atom stereocenters. The number of ether oxygens (including phenoxy) is 6. The number of morpholine rings is 1. The van der Waals surface area contributed by atoms with Gasteiger partial charge in [0.15, 0.2) is 6.29 Å². The topological polar surface area (TPSA) is 182 Å². The van der Waals surface area contributed by atoms with Gasteiger partial charge in [-0.1, -0.05) is 166 Å². The van der Waals surface area contributed by atoms with E-state index in [1.54, 1.807) is 67.3 Å². The Morgan fingerprint density at radius 3 is 1.70 bits per heavy atom. The van der Waals surface area contributed by atoms with Gasteiger partial charge in [0.05, 0.1) is 61.9 Å². The predicted octanol–water partition coefficient (Wildman–Crippen LogP) is 26.5. The first-order chi connectivity index (χ1) is 55.7. The maximum absolute atomic E-state index is 11.5. The summed E-state index contributed by atoms with van der Waals surface area (Å²) in [5.74, 6) is 0.0000404. The maximum Gasteiger partial charge on any atom is 0.305 e. The van der Waals surface area contributed by atoms with Crippen LogP contribution in [0.2, 0.25) is 10.0 Å². The summed E-state index contributed by atoms with van der Waals surface area (Å²) >= 11 is 29.9. The van der Waals surface area contributed by atoms with Crippen LogP contribution in [0, 0.1) is 44.9 Å². The van der Waals surface area contributed by atoms with Gasteiger partial charge in [0, 0.05) is 108 Å². The van der Waals surface area contributed by atoms with Gasteiger partial charge in [0.2, 0.25) is 11.8 Å². The number of unbranched alkanes of at least 4 members (excludes halogenated alkanes) is 1. The molecule has 3 saturated heterocycles. The molecule has 1 amide bonds. The minimum absolute atomic E-state index is 0.0394. The molecule has 0 spiro atoms. The average molecular weight is 1830 g/mol. The molecule has 0 radical (unpaired) electrons. The number of nitrogens with one attached hydrogen (secondary N) is 1. The summed E-state index contributed by atoms with van der Waals surface area (Å²) in [6.45, 7) is 38.0. The monoisotopic (exact) mass is 1820 g/mol. The number of likely N-dealkylation sites (N-methyl/N-ethyl adjacent to an activating group) is 1. The van der Waals surface area contributed by atoms with Crippen LogP contribution in [0.4, 0.5) is 8.78 Å². The highest BCUT2D eigenvalue weighted by Gasteiger charge is 2.59. The summed E-state index contributed by atoms with van der Waals surface area (Å²) in [5, 5.41) is 5.33. The van der Waals surface area contributed by atoms with E-state index in [9.17, 15) is 18.4 Å². The lowest BCUT2D eigenvalue weighted by atomic mass is 10.0. The Bertz CT molecular complexity index is 3970. The zero-order valence-electron chi connectivity index (χ0n) is 72.0. The molecule has 4 aliphatic carbocycles. The second-order valence-electron chi connectivity index (χ2n) is 30.2. The Balaban J connectivity index is 0.000000334. The normalized spacial score (nSPS) is 17.4. The molecule has 16 nitrogen and oxygen atoms in total. The van der Waals surface area contributed by atoms with E-state index in [0.717, 1.165) is 104 Å². The van der Waals surface area contributed by atoms with Crippen molar-refractivity contribution in [3.63, 3.8) is 0 Å². The van der Waals surface area contributed by atoms with Crippen molar-refractivity contribution >= 4 is 112 Å². The average Bonchev–Trinajstić information content (AvgIpc) is 1.58. The molecule has 3 atom stereocenters. The number of fused-ring (bicyclic) bond motifs is 2. The lowest BCUT2D eigenvalue weighted by Gasteiger charge is -2.21. The highest BCUT2D eigenvalue weighted by molar-refractivity contribution is 9.11. The zero-order chi connectivity index (χ0) is 86.6. The minimum atomic E-state index is -2.29. The number of allylic oxidation sites excluding steroid dienone is 4. The zero-order valence-corrected chi connectivity index (χ0v) is 78.2. The summed E-state index contributed by atoms with van der Waals surface area (Å²) < 4.78 is 56.1. The highest BCUT2D eigenvalue weighted by atomic mass is 79.9. The predicted molar refractivity (Wildman–Crippen MR) is 487 cm³/mol. The summed E-state index contributed by atoms with van der Waals surface area (Å²) in [4.78, 5) is 48.8. The fraction of sp³-hybridized carbons (Fsp3) is 0.527. The molecule has 5 fully saturated rings. The molecule has 7 heterocycles. The van der Waals surface area contributed by atoms with Crippen LogP contribution in [0.25, 0.3) is 21.9 Å². The van der Waals surface area contributed by atoms with Crippen LogP contribution >= 0.6 is 78.3 Å². The summed E-state index contributed by atoms with van der Waals surface area (Å²) in [5.41, 5.74) is 10.6. The Kier molecular flexibility index (Phi) is 53.5. The molecule has 4 aromatic carbocycles. The van der Waals surface area contributed by atoms with Gasteiger partial charge in [-0.25, -0.2) is 28.7 Å². The first kappa shape index (κ1) is 105.